The first-order valence-corrected chi connectivity index (χ1v) is 7.88. The number of aromatic nitrogens is 3. The molecule has 1 amide bonds. The first-order valence-electron chi connectivity index (χ1n) is 6.94. The van der Waals surface area contributed by atoms with Gasteiger partial charge in [-0.15, -0.1) is 5.10 Å². The van der Waals surface area contributed by atoms with Crippen LogP contribution in [-0.2, 0) is 11.3 Å². The maximum atomic E-state index is 12.1. The van der Waals surface area contributed by atoms with Crippen molar-refractivity contribution in [3.63, 3.8) is 0 Å². The minimum Gasteiger partial charge on any atom is -0.337 e. The monoisotopic (exact) mass is 327 g/mol. The average Bonchev–Trinajstić information content (AvgIpc) is 3.20. The minimum atomic E-state index is -0.674. The highest BCUT2D eigenvalue weighted by Crippen LogP contribution is 2.15. The van der Waals surface area contributed by atoms with Crippen LogP contribution in [0.15, 0.2) is 46.0 Å². The van der Waals surface area contributed by atoms with E-state index < -0.39 is 6.04 Å². The molecule has 1 atom stereocenters. The molecule has 116 valence electrons. The molecule has 0 aliphatic rings. The third-order valence-electron chi connectivity index (χ3n) is 3.35. The largest absolute Gasteiger partial charge is 0.350 e. The average molecular weight is 327 g/mol. The summed E-state index contributed by atoms with van der Waals surface area (Å²) in [6.07, 6.45) is 1.70. The summed E-state index contributed by atoms with van der Waals surface area (Å²) >= 11 is 1.46. The molecule has 0 aliphatic heterocycles. The van der Waals surface area contributed by atoms with Gasteiger partial charge >= 0.3 is 5.69 Å². The van der Waals surface area contributed by atoms with Crippen molar-refractivity contribution in [3.8, 4) is 6.07 Å². The Bertz CT molecular complexity index is 919. The highest BCUT2D eigenvalue weighted by atomic mass is 32.1. The summed E-state index contributed by atoms with van der Waals surface area (Å²) in [5, 5.41) is 19.6. The Labute approximate surface area is 135 Å². The fourth-order valence-corrected chi connectivity index (χ4v) is 2.87. The van der Waals surface area contributed by atoms with E-state index in [-0.39, 0.29) is 24.6 Å². The van der Waals surface area contributed by atoms with Crippen LogP contribution < -0.4 is 11.0 Å². The van der Waals surface area contributed by atoms with Gasteiger partial charge < -0.3 is 5.32 Å². The van der Waals surface area contributed by atoms with Gasteiger partial charge in [-0.3, -0.25) is 9.20 Å². The number of nitrogens with one attached hydrogen (secondary N) is 1. The summed E-state index contributed by atoms with van der Waals surface area (Å²) in [6.45, 7) is 0.161. The zero-order valence-corrected chi connectivity index (χ0v) is 12.9. The normalized spacial score (nSPS) is 12.0. The number of hydrogen-bond donors (Lipinski definition) is 1. The van der Waals surface area contributed by atoms with Crippen molar-refractivity contribution in [2.75, 3.05) is 0 Å². The number of carbonyl (C=O) groups excluding carboxylic acids is 1. The summed E-state index contributed by atoms with van der Waals surface area (Å²) < 4.78 is 2.67. The second-order valence-electron chi connectivity index (χ2n) is 4.87. The SMILES string of the molecule is N#C[C@H](NC(=O)CCn1nc2ccccn2c1=O)c1ccsc1. The standard InChI is InChI=1S/C15H13N5O2S/c16-9-12(11-5-8-23-10-11)17-14(21)4-7-20-15(22)19-6-2-1-3-13(19)18-20/h1-3,5-6,8,10,12H,4,7H2,(H,17,21)/t12-/m0/s1. The van der Waals surface area contributed by atoms with Crippen LogP contribution in [0.3, 0.4) is 0 Å². The Balaban J connectivity index is 1.65. The summed E-state index contributed by atoms with van der Waals surface area (Å²) in [4.78, 5) is 24.1. The number of nitriles is 1. The molecule has 0 spiro atoms. The molecule has 3 heterocycles. The molecule has 0 aliphatic carbocycles. The third kappa shape index (κ3) is 3.14. The molecule has 3 rings (SSSR count). The molecule has 7 nitrogen and oxygen atoms in total. The summed E-state index contributed by atoms with van der Waals surface area (Å²) in [5.41, 5.74) is 1.00. The van der Waals surface area contributed by atoms with E-state index in [1.165, 1.54) is 20.4 Å². The zero-order valence-electron chi connectivity index (χ0n) is 12.0. The highest BCUT2D eigenvalue weighted by molar-refractivity contribution is 7.08. The molecule has 0 radical (unpaired) electrons. The molecule has 3 aromatic heterocycles. The van der Waals surface area contributed by atoms with Crippen LogP contribution in [0.4, 0.5) is 0 Å². The van der Waals surface area contributed by atoms with Crippen molar-refractivity contribution in [3.05, 3.63) is 57.3 Å². The third-order valence-corrected chi connectivity index (χ3v) is 4.05. The molecule has 0 saturated heterocycles. The molecule has 1 N–H and O–H groups in total. The van der Waals surface area contributed by atoms with E-state index in [1.807, 2.05) is 10.8 Å². The van der Waals surface area contributed by atoms with Gasteiger partial charge in [-0.1, -0.05) is 6.07 Å². The molecular weight excluding hydrogens is 314 g/mol. The first-order chi connectivity index (χ1) is 11.2. The Morgan fingerprint density at radius 3 is 3.00 bits per heavy atom. The Morgan fingerprint density at radius 1 is 1.43 bits per heavy atom. The molecule has 0 saturated carbocycles. The van der Waals surface area contributed by atoms with E-state index >= 15 is 0 Å². The molecule has 23 heavy (non-hydrogen) atoms. The van der Waals surface area contributed by atoms with Gasteiger partial charge in [0.15, 0.2) is 5.65 Å². The fraction of sp³-hybridized carbons (Fsp3) is 0.200. The smallest absolute Gasteiger partial charge is 0.337 e. The predicted molar refractivity (Wildman–Crippen MR) is 84.9 cm³/mol. The number of rotatable bonds is 5. The van der Waals surface area contributed by atoms with E-state index in [9.17, 15) is 9.59 Å². The number of carbonyl (C=O) groups is 1. The molecule has 0 aromatic carbocycles. The van der Waals surface area contributed by atoms with Gasteiger partial charge in [0.05, 0.1) is 12.6 Å². The lowest BCUT2D eigenvalue weighted by molar-refractivity contribution is -0.121. The van der Waals surface area contributed by atoms with Gasteiger partial charge in [0.1, 0.15) is 6.04 Å². The second kappa shape index (κ2) is 6.46. The lowest BCUT2D eigenvalue weighted by atomic mass is 10.1. The molecule has 0 bridgehead atoms. The number of fused-ring (bicyclic) bond motifs is 1. The van der Waals surface area contributed by atoms with Crippen LogP contribution in [0.1, 0.15) is 18.0 Å². The number of nitrogens with zero attached hydrogens (tertiary/aromatic N) is 4. The van der Waals surface area contributed by atoms with E-state index in [1.54, 1.807) is 30.5 Å². The maximum Gasteiger partial charge on any atom is 0.350 e. The van der Waals surface area contributed by atoms with Crippen LogP contribution >= 0.6 is 11.3 Å². The summed E-state index contributed by atoms with van der Waals surface area (Å²) in [6, 6.07) is 8.43. The number of thiophene rings is 1. The van der Waals surface area contributed by atoms with Gasteiger partial charge in [0, 0.05) is 12.6 Å². The van der Waals surface area contributed by atoms with Gasteiger partial charge in [-0.25, -0.2) is 9.48 Å². The van der Waals surface area contributed by atoms with Crippen molar-refractivity contribution in [1.29, 1.82) is 5.26 Å². The molecule has 3 aromatic rings. The lowest BCUT2D eigenvalue weighted by Gasteiger charge is -2.09. The van der Waals surface area contributed by atoms with Crippen molar-refractivity contribution in [2.45, 2.75) is 19.0 Å². The van der Waals surface area contributed by atoms with Gasteiger partial charge in [0.2, 0.25) is 5.91 Å². The fourth-order valence-electron chi connectivity index (χ4n) is 2.18. The first kappa shape index (κ1) is 15.0. The minimum absolute atomic E-state index is 0.0755. The zero-order chi connectivity index (χ0) is 16.2. The quantitative estimate of drug-likeness (QED) is 0.765. The van der Waals surface area contributed by atoms with Crippen LogP contribution in [0.25, 0.3) is 5.65 Å². The summed E-state index contributed by atoms with van der Waals surface area (Å²) in [7, 11) is 0. The Kier molecular flexibility index (Phi) is 4.21. The van der Waals surface area contributed by atoms with E-state index in [2.05, 4.69) is 16.5 Å². The van der Waals surface area contributed by atoms with Crippen molar-refractivity contribution < 1.29 is 4.79 Å². The van der Waals surface area contributed by atoms with E-state index in [4.69, 9.17) is 5.26 Å². The van der Waals surface area contributed by atoms with Crippen LogP contribution in [0, 0.1) is 11.3 Å². The predicted octanol–water partition coefficient (Wildman–Crippen LogP) is 1.33. The van der Waals surface area contributed by atoms with Crippen LogP contribution in [0.5, 0.6) is 0 Å². The number of amides is 1. The van der Waals surface area contributed by atoms with Crippen molar-refractivity contribution in [2.24, 2.45) is 0 Å². The summed E-state index contributed by atoms with van der Waals surface area (Å²) in [5.74, 6) is -0.299. The van der Waals surface area contributed by atoms with Crippen molar-refractivity contribution >= 4 is 22.9 Å². The molecule has 0 fully saturated rings. The maximum absolute atomic E-state index is 12.1. The van der Waals surface area contributed by atoms with Crippen LogP contribution in [0.2, 0.25) is 0 Å². The Morgan fingerprint density at radius 2 is 2.30 bits per heavy atom. The lowest BCUT2D eigenvalue weighted by Crippen LogP contribution is -2.30. The topological polar surface area (TPSA) is 92.2 Å². The van der Waals surface area contributed by atoms with Gasteiger partial charge in [0.25, 0.3) is 0 Å². The van der Waals surface area contributed by atoms with Crippen molar-refractivity contribution in [1.82, 2.24) is 19.5 Å². The Hall–Kier alpha value is -2.92. The molecule has 8 heteroatoms. The highest BCUT2D eigenvalue weighted by Gasteiger charge is 2.15. The molecular formula is C15H13N5O2S. The van der Waals surface area contributed by atoms with E-state index in [0.29, 0.717) is 5.65 Å². The number of hydrogen-bond acceptors (Lipinski definition) is 5. The van der Waals surface area contributed by atoms with Gasteiger partial charge in [-0.2, -0.15) is 16.6 Å². The van der Waals surface area contributed by atoms with Crippen LogP contribution in [-0.4, -0.2) is 20.1 Å². The molecule has 0 unspecified atom stereocenters. The second-order valence-corrected chi connectivity index (χ2v) is 5.65. The number of pyridine rings is 1. The van der Waals surface area contributed by atoms with Gasteiger partial charge in [-0.05, 0) is 34.5 Å². The number of aryl methyl sites for hydroxylation is 1. The van der Waals surface area contributed by atoms with E-state index in [0.717, 1.165) is 5.56 Å².